The molecule has 0 heterocycles. The van der Waals surface area contributed by atoms with Crippen LogP contribution in [-0.4, -0.2) is 33.6 Å². The average molecular weight is 248 g/mol. The Kier molecular flexibility index (Phi) is 4.58. The van der Waals surface area contributed by atoms with E-state index in [9.17, 15) is 13.0 Å². The highest BCUT2D eigenvalue weighted by atomic mass is 32.2. The van der Waals surface area contributed by atoms with Gasteiger partial charge in [-0.1, -0.05) is 11.6 Å². The van der Waals surface area contributed by atoms with E-state index in [-0.39, 0.29) is 10.4 Å². The third-order valence-electron chi connectivity index (χ3n) is 2.07. The maximum atomic E-state index is 12.0. The van der Waals surface area contributed by atoms with Crippen molar-refractivity contribution in [2.75, 3.05) is 5.75 Å². The first kappa shape index (κ1) is 13.3. The minimum Gasteiger partial charge on any atom is -0.423 e. The summed E-state index contributed by atoms with van der Waals surface area (Å²) in [7, 11) is -3.51. The second kappa shape index (κ2) is 5.52. The van der Waals surface area contributed by atoms with Crippen molar-refractivity contribution in [2.24, 2.45) is 0 Å². The number of aryl methyl sites for hydroxylation is 1. The minimum atomic E-state index is -2.65. The molecule has 0 bridgehead atoms. The highest BCUT2D eigenvalue weighted by molar-refractivity contribution is 7.85. The Labute approximate surface area is 94.7 Å². The first-order valence-corrected chi connectivity index (χ1v) is 5.87. The highest BCUT2D eigenvalue weighted by Gasteiger charge is 2.17. The SMILES string of the molecule is Cc1ccc(S(=O)CC(F)F)cc1B(O)O. The van der Waals surface area contributed by atoms with Crippen LogP contribution in [0.2, 0.25) is 0 Å². The first-order chi connectivity index (χ1) is 7.41. The quantitative estimate of drug-likeness (QED) is 0.740. The molecule has 0 saturated carbocycles. The van der Waals surface area contributed by atoms with E-state index < -0.39 is 30.1 Å². The molecule has 1 unspecified atom stereocenters. The average Bonchev–Trinajstić information content (AvgIpc) is 2.16. The zero-order valence-corrected chi connectivity index (χ0v) is 9.38. The third kappa shape index (κ3) is 3.36. The lowest BCUT2D eigenvalue weighted by atomic mass is 9.77. The van der Waals surface area contributed by atoms with E-state index in [1.165, 1.54) is 18.2 Å². The van der Waals surface area contributed by atoms with Crippen molar-refractivity contribution in [3.8, 4) is 0 Å². The lowest BCUT2D eigenvalue weighted by Gasteiger charge is -2.07. The molecule has 2 N–H and O–H groups in total. The number of alkyl halides is 2. The molecule has 1 aromatic rings. The zero-order valence-electron chi connectivity index (χ0n) is 8.56. The molecular weight excluding hydrogens is 237 g/mol. The largest absolute Gasteiger partial charge is 0.488 e. The molecule has 16 heavy (non-hydrogen) atoms. The van der Waals surface area contributed by atoms with Crippen LogP contribution >= 0.6 is 0 Å². The molecule has 0 aromatic heterocycles. The first-order valence-electron chi connectivity index (χ1n) is 4.55. The molecule has 0 amide bonds. The van der Waals surface area contributed by atoms with Crippen molar-refractivity contribution in [3.05, 3.63) is 23.8 Å². The fourth-order valence-electron chi connectivity index (χ4n) is 1.25. The summed E-state index contributed by atoms with van der Waals surface area (Å²) in [6, 6.07) is 4.24. The van der Waals surface area contributed by atoms with Crippen LogP contribution in [0.1, 0.15) is 5.56 Å². The molecule has 0 radical (unpaired) electrons. The van der Waals surface area contributed by atoms with E-state index in [1.54, 1.807) is 6.92 Å². The molecule has 0 aliphatic heterocycles. The summed E-state index contributed by atoms with van der Waals surface area (Å²) in [5, 5.41) is 18.0. The van der Waals surface area contributed by atoms with Gasteiger partial charge in [0.15, 0.2) is 0 Å². The summed E-state index contributed by atoms with van der Waals surface area (Å²) in [6.07, 6.45) is -2.65. The van der Waals surface area contributed by atoms with Crippen LogP contribution < -0.4 is 5.46 Å². The predicted octanol–water partition coefficient (Wildman–Crippen LogP) is 0.0475. The number of hydrogen-bond donors (Lipinski definition) is 2. The van der Waals surface area contributed by atoms with Crippen molar-refractivity contribution in [1.82, 2.24) is 0 Å². The highest BCUT2D eigenvalue weighted by Crippen LogP contribution is 2.10. The Bertz CT molecular complexity index is 398. The Morgan fingerprint density at radius 1 is 1.44 bits per heavy atom. The van der Waals surface area contributed by atoms with Gasteiger partial charge < -0.3 is 10.0 Å². The zero-order chi connectivity index (χ0) is 12.3. The maximum absolute atomic E-state index is 12.0. The van der Waals surface area contributed by atoms with Crippen LogP contribution in [0.15, 0.2) is 23.1 Å². The van der Waals surface area contributed by atoms with E-state index in [2.05, 4.69) is 0 Å². The molecule has 0 fully saturated rings. The molecule has 0 aliphatic rings. The normalized spacial score (nSPS) is 12.9. The van der Waals surface area contributed by atoms with Crippen molar-refractivity contribution < 1.29 is 23.0 Å². The molecule has 1 atom stereocenters. The van der Waals surface area contributed by atoms with Gasteiger partial charge in [-0.3, -0.25) is 4.21 Å². The van der Waals surface area contributed by atoms with Gasteiger partial charge in [0, 0.05) is 4.90 Å². The second-order valence-corrected chi connectivity index (χ2v) is 4.79. The molecule has 1 aromatic carbocycles. The summed E-state index contributed by atoms with van der Waals surface area (Å²) in [4.78, 5) is 0.175. The van der Waals surface area contributed by atoms with Gasteiger partial charge in [0.25, 0.3) is 0 Å². The van der Waals surface area contributed by atoms with Crippen molar-refractivity contribution >= 4 is 23.4 Å². The number of rotatable bonds is 4. The summed E-state index contributed by atoms with van der Waals surface area (Å²) >= 11 is 0. The Hall–Kier alpha value is -0.785. The van der Waals surface area contributed by atoms with Gasteiger partial charge >= 0.3 is 7.12 Å². The summed E-state index contributed by atoms with van der Waals surface area (Å²) in [6.45, 7) is 1.65. The lowest BCUT2D eigenvalue weighted by Crippen LogP contribution is -2.32. The fraction of sp³-hybridized carbons (Fsp3) is 0.333. The minimum absolute atomic E-state index is 0.175. The number of halogens is 2. The Morgan fingerprint density at radius 3 is 2.56 bits per heavy atom. The number of hydrogen-bond acceptors (Lipinski definition) is 3. The van der Waals surface area contributed by atoms with Gasteiger partial charge in [-0.25, -0.2) is 8.78 Å². The molecule has 88 valence electrons. The third-order valence-corrected chi connectivity index (χ3v) is 3.40. The molecule has 7 heteroatoms. The molecule has 0 aliphatic carbocycles. The molecule has 3 nitrogen and oxygen atoms in total. The van der Waals surface area contributed by atoms with Crippen molar-refractivity contribution in [3.63, 3.8) is 0 Å². The maximum Gasteiger partial charge on any atom is 0.488 e. The van der Waals surface area contributed by atoms with Crippen LogP contribution in [-0.2, 0) is 10.8 Å². The van der Waals surface area contributed by atoms with Crippen molar-refractivity contribution in [1.29, 1.82) is 0 Å². The molecule has 1 rings (SSSR count). The monoisotopic (exact) mass is 248 g/mol. The van der Waals surface area contributed by atoms with Crippen LogP contribution in [0.4, 0.5) is 8.78 Å². The molecule has 0 spiro atoms. The van der Waals surface area contributed by atoms with E-state index >= 15 is 0 Å². The van der Waals surface area contributed by atoms with Gasteiger partial charge in [0.1, 0.15) is 0 Å². The van der Waals surface area contributed by atoms with E-state index in [0.29, 0.717) is 5.56 Å². The number of benzene rings is 1. The van der Waals surface area contributed by atoms with Crippen molar-refractivity contribution in [2.45, 2.75) is 18.2 Å². The Balaban J connectivity index is 2.98. The summed E-state index contributed by atoms with van der Waals surface area (Å²) in [5.74, 6) is -0.746. The van der Waals surface area contributed by atoms with E-state index in [0.717, 1.165) is 0 Å². The standard InChI is InChI=1S/C9H11BF2O3S/c1-6-2-3-7(4-8(6)10(13)14)16(15)5-9(11)12/h2-4,9,13-14H,5H2,1H3. The lowest BCUT2D eigenvalue weighted by molar-refractivity contribution is 0.175. The van der Waals surface area contributed by atoms with Gasteiger partial charge in [-0.15, -0.1) is 0 Å². The smallest absolute Gasteiger partial charge is 0.423 e. The second-order valence-electron chi connectivity index (χ2n) is 3.30. The van der Waals surface area contributed by atoms with Crippen LogP contribution in [0.25, 0.3) is 0 Å². The molecular formula is C9H11BF2O3S. The van der Waals surface area contributed by atoms with Crippen LogP contribution in [0.5, 0.6) is 0 Å². The van der Waals surface area contributed by atoms with Crippen LogP contribution in [0, 0.1) is 6.92 Å². The van der Waals surface area contributed by atoms with E-state index in [4.69, 9.17) is 10.0 Å². The van der Waals surface area contributed by atoms with Gasteiger partial charge in [-0.05, 0) is 24.5 Å². The summed E-state index contributed by atoms with van der Waals surface area (Å²) in [5.41, 5.74) is 0.785. The fourth-order valence-corrected chi connectivity index (χ4v) is 2.15. The Morgan fingerprint density at radius 2 is 2.06 bits per heavy atom. The molecule has 0 saturated heterocycles. The summed E-state index contributed by atoms with van der Waals surface area (Å²) < 4.78 is 35.4. The van der Waals surface area contributed by atoms with E-state index in [1.807, 2.05) is 0 Å². The van der Waals surface area contributed by atoms with Gasteiger partial charge in [0.2, 0.25) is 6.43 Å². The van der Waals surface area contributed by atoms with Crippen LogP contribution in [0.3, 0.4) is 0 Å². The van der Waals surface area contributed by atoms with Gasteiger partial charge in [-0.2, -0.15) is 0 Å². The predicted molar refractivity (Wildman–Crippen MR) is 58.3 cm³/mol. The topological polar surface area (TPSA) is 57.5 Å². The van der Waals surface area contributed by atoms with Gasteiger partial charge in [0.05, 0.1) is 16.6 Å².